The second-order valence-corrected chi connectivity index (χ2v) is 7.06. The van der Waals surface area contributed by atoms with Gasteiger partial charge >= 0.3 is 5.97 Å². The van der Waals surface area contributed by atoms with Crippen LogP contribution in [-0.2, 0) is 4.79 Å². The van der Waals surface area contributed by atoms with Gasteiger partial charge in [0, 0.05) is 18.8 Å². The number of aliphatic carboxylic acids is 1. The number of hydrogen-bond acceptors (Lipinski definition) is 2. The lowest BCUT2D eigenvalue weighted by atomic mass is 9.76. The van der Waals surface area contributed by atoms with E-state index in [1.807, 2.05) is 6.92 Å². The van der Waals surface area contributed by atoms with Crippen LogP contribution in [0.3, 0.4) is 0 Å². The van der Waals surface area contributed by atoms with Gasteiger partial charge in [0.15, 0.2) is 0 Å². The Balaban J connectivity index is 1.95. The Kier molecular flexibility index (Phi) is 4.07. The largest absolute Gasteiger partial charge is 0.481 e. The van der Waals surface area contributed by atoms with Crippen LogP contribution >= 0.6 is 0 Å². The fraction of sp³-hybridized carbons (Fsp3) is 0.588. The second kappa shape index (κ2) is 5.47. The minimum Gasteiger partial charge on any atom is -0.481 e. The van der Waals surface area contributed by atoms with Crippen molar-refractivity contribution in [2.45, 2.75) is 40.0 Å². The number of benzene rings is 1. The molecule has 0 saturated carbocycles. The highest BCUT2D eigenvalue weighted by atomic mass is 16.4. The minimum atomic E-state index is -0.739. The summed E-state index contributed by atoms with van der Waals surface area (Å²) in [6.45, 7) is 11.1. The average molecular weight is 275 g/mol. The van der Waals surface area contributed by atoms with Gasteiger partial charge in [-0.3, -0.25) is 4.79 Å². The van der Waals surface area contributed by atoms with Gasteiger partial charge < -0.3 is 10.0 Å². The predicted molar refractivity (Wildman–Crippen MR) is 82.3 cm³/mol. The molecular formula is C17H25NO2. The van der Waals surface area contributed by atoms with E-state index >= 15 is 0 Å². The monoisotopic (exact) mass is 275 g/mol. The summed E-state index contributed by atoms with van der Waals surface area (Å²) in [4.78, 5) is 13.1. The van der Waals surface area contributed by atoms with E-state index in [1.165, 1.54) is 5.69 Å². The Labute approximate surface area is 121 Å². The lowest BCUT2D eigenvalue weighted by molar-refractivity contribution is -0.137. The van der Waals surface area contributed by atoms with Crippen molar-refractivity contribution in [3.05, 3.63) is 29.8 Å². The van der Waals surface area contributed by atoms with E-state index in [0.717, 1.165) is 24.6 Å². The van der Waals surface area contributed by atoms with Gasteiger partial charge in [-0.25, -0.2) is 0 Å². The smallest absolute Gasteiger partial charge is 0.303 e. The molecule has 0 radical (unpaired) electrons. The van der Waals surface area contributed by atoms with E-state index in [9.17, 15) is 4.79 Å². The number of carboxylic acids is 1. The molecule has 1 unspecified atom stereocenters. The maximum absolute atomic E-state index is 10.7. The molecule has 1 aliphatic heterocycles. The van der Waals surface area contributed by atoms with Crippen LogP contribution in [0.1, 0.15) is 45.6 Å². The zero-order valence-corrected chi connectivity index (χ0v) is 12.9. The fourth-order valence-corrected chi connectivity index (χ4v) is 2.63. The standard InChI is InChI=1S/C17H25NO2/c1-12(9-16(19)20)13-5-7-15(8-6-13)18-10-14(11-18)17(2,3)4/h5-8,12,14H,9-11H2,1-4H3,(H,19,20). The highest BCUT2D eigenvalue weighted by Gasteiger charge is 2.35. The molecule has 0 amide bonds. The van der Waals surface area contributed by atoms with Crippen molar-refractivity contribution in [1.29, 1.82) is 0 Å². The first-order chi connectivity index (χ1) is 9.27. The van der Waals surface area contributed by atoms with Crippen molar-refractivity contribution < 1.29 is 9.90 Å². The molecule has 1 saturated heterocycles. The average Bonchev–Trinajstić information content (AvgIpc) is 2.24. The number of rotatable bonds is 4. The lowest BCUT2D eigenvalue weighted by Crippen LogP contribution is -2.52. The van der Waals surface area contributed by atoms with Gasteiger partial charge in [0.25, 0.3) is 0 Å². The number of hydrogen-bond donors (Lipinski definition) is 1. The van der Waals surface area contributed by atoms with E-state index in [2.05, 4.69) is 49.9 Å². The molecule has 3 heteroatoms. The molecule has 110 valence electrons. The maximum Gasteiger partial charge on any atom is 0.303 e. The van der Waals surface area contributed by atoms with Crippen molar-refractivity contribution in [2.24, 2.45) is 11.3 Å². The topological polar surface area (TPSA) is 40.5 Å². The van der Waals surface area contributed by atoms with E-state index in [-0.39, 0.29) is 12.3 Å². The zero-order valence-electron chi connectivity index (χ0n) is 12.9. The van der Waals surface area contributed by atoms with Crippen LogP contribution in [0, 0.1) is 11.3 Å². The first-order valence-electron chi connectivity index (χ1n) is 7.34. The van der Waals surface area contributed by atoms with E-state index in [1.54, 1.807) is 0 Å². The first-order valence-corrected chi connectivity index (χ1v) is 7.34. The number of nitrogens with zero attached hydrogens (tertiary/aromatic N) is 1. The third kappa shape index (κ3) is 3.33. The quantitative estimate of drug-likeness (QED) is 0.910. The van der Waals surface area contributed by atoms with Crippen molar-refractivity contribution >= 4 is 11.7 Å². The molecule has 3 nitrogen and oxygen atoms in total. The summed E-state index contributed by atoms with van der Waals surface area (Å²) in [6.07, 6.45) is 0.190. The molecule has 1 N–H and O–H groups in total. The van der Waals surface area contributed by atoms with Gasteiger partial charge in [-0.2, -0.15) is 0 Å². The highest BCUT2D eigenvalue weighted by Crippen LogP contribution is 2.36. The third-order valence-corrected chi connectivity index (χ3v) is 4.41. The molecule has 1 fully saturated rings. The van der Waals surface area contributed by atoms with E-state index in [4.69, 9.17) is 5.11 Å². The third-order valence-electron chi connectivity index (χ3n) is 4.41. The predicted octanol–water partition coefficient (Wildman–Crippen LogP) is 3.75. The van der Waals surface area contributed by atoms with Crippen LogP contribution in [0.5, 0.6) is 0 Å². The number of anilines is 1. The van der Waals surface area contributed by atoms with Crippen molar-refractivity contribution in [2.75, 3.05) is 18.0 Å². The molecule has 1 aliphatic rings. The zero-order chi connectivity index (χ0) is 14.9. The Bertz CT molecular complexity index is 467. The van der Waals surface area contributed by atoms with Gasteiger partial charge in [-0.05, 0) is 34.9 Å². The molecule has 0 aliphatic carbocycles. The van der Waals surface area contributed by atoms with Crippen LogP contribution in [0.15, 0.2) is 24.3 Å². The van der Waals surface area contributed by atoms with Gasteiger partial charge in [-0.15, -0.1) is 0 Å². The second-order valence-electron chi connectivity index (χ2n) is 7.06. The van der Waals surface area contributed by atoms with Crippen molar-refractivity contribution in [3.8, 4) is 0 Å². The molecule has 20 heavy (non-hydrogen) atoms. The molecule has 2 rings (SSSR count). The Hall–Kier alpha value is -1.51. The number of carbonyl (C=O) groups is 1. The normalized spacial score (nSPS) is 17.7. The van der Waals surface area contributed by atoms with Crippen LogP contribution in [-0.4, -0.2) is 24.2 Å². The molecule has 1 aromatic rings. The Morgan fingerprint density at radius 3 is 2.30 bits per heavy atom. The Morgan fingerprint density at radius 2 is 1.85 bits per heavy atom. The summed E-state index contributed by atoms with van der Waals surface area (Å²) >= 11 is 0. The fourth-order valence-electron chi connectivity index (χ4n) is 2.63. The van der Waals surface area contributed by atoms with Crippen molar-refractivity contribution in [3.63, 3.8) is 0 Å². The van der Waals surface area contributed by atoms with E-state index in [0.29, 0.717) is 5.41 Å². The van der Waals surface area contributed by atoms with Gasteiger partial charge in [-0.1, -0.05) is 39.8 Å². The van der Waals surface area contributed by atoms with Gasteiger partial charge in [0.1, 0.15) is 0 Å². The van der Waals surface area contributed by atoms with Gasteiger partial charge in [0.05, 0.1) is 6.42 Å². The molecular weight excluding hydrogens is 250 g/mol. The number of carboxylic acid groups (broad SMARTS) is 1. The van der Waals surface area contributed by atoms with E-state index < -0.39 is 5.97 Å². The summed E-state index contributed by atoms with van der Waals surface area (Å²) in [5.41, 5.74) is 2.73. The molecule has 1 atom stereocenters. The first kappa shape index (κ1) is 14.9. The van der Waals surface area contributed by atoms with Gasteiger partial charge in [0.2, 0.25) is 0 Å². The van der Waals surface area contributed by atoms with Crippen LogP contribution in [0.4, 0.5) is 5.69 Å². The lowest BCUT2D eigenvalue weighted by Gasteiger charge is -2.47. The highest BCUT2D eigenvalue weighted by molar-refractivity contribution is 5.68. The Morgan fingerprint density at radius 1 is 1.30 bits per heavy atom. The molecule has 0 aromatic heterocycles. The summed E-state index contributed by atoms with van der Waals surface area (Å²) in [5.74, 6) is 0.0886. The van der Waals surface area contributed by atoms with Crippen molar-refractivity contribution in [1.82, 2.24) is 0 Å². The summed E-state index contributed by atoms with van der Waals surface area (Å²) in [6, 6.07) is 8.36. The summed E-state index contributed by atoms with van der Waals surface area (Å²) < 4.78 is 0. The summed E-state index contributed by atoms with van der Waals surface area (Å²) in [7, 11) is 0. The molecule has 1 aromatic carbocycles. The summed E-state index contributed by atoms with van der Waals surface area (Å²) in [5, 5.41) is 8.83. The van der Waals surface area contributed by atoms with Crippen LogP contribution in [0.2, 0.25) is 0 Å². The molecule has 0 spiro atoms. The van der Waals surface area contributed by atoms with Crippen LogP contribution in [0.25, 0.3) is 0 Å². The maximum atomic E-state index is 10.7. The molecule has 1 heterocycles. The molecule has 0 bridgehead atoms. The van der Waals surface area contributed by atoms with Crippen LogP contribution < -0.4 is 4.90 Å². The SMILES string of the molecule is CC(CC(=O)O)c1ccc(N2CC(C(C)(C)C)C2)cc1. The minimum absolute atomic E-state index is 0.0697.